The van der Waals surface area contributed by atoms with Crippen molar-refractivity contribution in [3.8, 4) is 0 Å². The summed E-state index contributed by atoms with van der Waals surface area (Å²) in [5, 5.41) is 3.68. The lowest BCUT2D eigenvalue weighted by molar-refractivity contribution is 0.423. The van der Waals surface area contributed by atoms with Crippen molar-refractivity contribution in [1.29, 1.82) is 0 Å². The second-order valence-electron chi connectivity index (χ2n) is 5.64. The Morgan fingerprint density at radius 3 is 2.60 bits per heavy atom. The summed E-state index contributed by atoms with van der Waals surface area (Å²) in [5.41, 5.74) is 2.61. The minimum atomic E-state index is 0.399. The molecule has 0 amide bonds. The van der Waals surface area contributed by atoms with Gasteiger partial charge in [0.1, 0.15) is 0 Å². The lowest BCUT2D eigenvalue weighted by atomic mass is 9.97. The SMILES string of the molecule is CCn1cncc1CNC(CC(C)C)c1ccccc1. The summed E-state index contributed by atoms with van der Waals surface area (Å²) in [6.07, 6.45) is 5.00. The Labute approximate surface area is 122 Å². The number of aromatic nitrogens is 2. The second kappa shape index (κ2) is 7.25. The molecule has 1 aromatic heterocycles. The number of aryl methyl sites for hydroxylation is 1. The van der Waals surface area contributed by atoms with Crippen molar-refractivity contribution in [2.75, 3.05) is 0 Å². The van der Waals surface area contributed by atoms with Gasteiger partial charge >= 0.3 is 0 Å². The van der Waals surface area contributed by atoms with Crippen molar-refractivity contribution in [1.82, 2.24) is 14.9 Å². The third-order valence-electron chi connectivity index (χ3n) is 3.58. The van der Waals surface area contributed by atoms with Crippen molar-refractivity contribution in [2.45, 2.75) is 46.3 Å². The van der Waals surface area contributed by atoms with Crippen LogP contribution in [0.25, 0.3) is 0 Å². The molecule has 0 aliphatic carbocycles. The molecule has 0 aliphatic rings. The maximum Gasteiger partial charge on any atom is 0.0948 e. The fraction of sp³-hybridized carbons (Fsp3) is 0.471. The number of nitrogens with zero attached hydrogens (tertiary/aromatic N) is 2. The van der Waals surface area contributed by atoms with Gasteiger partial charge in [0.2, 0.25) is 0 Å². The molecule has 1 N–H and O–H groups in total. The van der Waals surface area contributed by atoms with Gasteiger partial charge in [-0.1, -0.05) is 44.2 Å². The highest BCUT2D eigenvalue weighted by Crippen LogP contribution is 2.21. The third kappa shape index (κ3) is 3.94. The number of rotatable bonds is 7. The summed E-state index contributed by atoms with van der Waals surface area (Å²) < 4.78 is 2.18. The highest BCUT2D eigenvalue weighted by molar-refractivity contribution is 5.19. The molecule has 2 aromatic rings. The molecule has 1 aromatic carbocycles. The molecule has 0 spiro atoms. The Morgan fingerprint density at radius 2 is 1.95 bits per heavy atom. The van der Waals surface area contributed by atoms with Gasteiger partial charge in [-0.05, 0) is 24.8 Å². The van der Waals surface area contributed by atoms with Gasteiger partial charge < -0.3 is 9.88 Å². The number of imidazole rings is 1. The van der Waals surface area contributed by atoms with Crippen LogP contribution in [0.5, 0.6) is 0 Å². The average Bonchev–Trinajstić information content (AvgIpc) is 2.91. The molecule has 20 heavy (non-hydrogen) atoms. The summed E-state index contributed by atoms with van der Waals surface area (Å²) in [6, 6.07) is 11.1. The second-order valence-corrected chi connectivity index (χ2v) is 5.64. The fourth-order valence-electron chi connectivity index (χ4n) is 2.50. The first-order chi connectivity index (χ1) is 9.70. The maximum absolute atomic E-state index is 4.23. The van der Waals surface area contributed by atoms with Gasteiger partial charge in [-0.2, -0.15) is 0 Å². The van der Waals surface area contributed by atoms with E-state index in [9.17, 15) is 0 Å². The first-order valence-corrected chi connectivity index (χ1v) is 7.48. The van der Waals surface area contributed by atoms with Crippen molar-refractivity contribution >= 4 is 0 Å². The van der Waals surface area contributed by atoms with Crippen LogP contribution in [0.2, 0.25) is 0 Å². The Kier molecular flexibility index (Phi) is 5.36. The molecular formula is C17H25N3. The molecule has 0 aliphatic heterocycles. The summed E-state index contributed by atoms with van der Waals surface area (Å²) in [6.45, 7) is 8.52. The van der Waals surface area contributed by atoms with Crippen LogP contribution < -0.4 is 5.32 Å². The molecule has 1 heterocycles. The highest BCUT2D eigenvalue weighted by Gasteiger charge is 2.13. The smallest absolute Gasteiger partial charge is 0.0948 e. The average molecular weight is 271 g/mol. The fourth-order valence-corrected chi connectivity index (χ4v) is 2.50. The Balaban J connectivity index is 2.05. The van der Waals surface area contributed by atoms with E-state index in [1.165, 1.54) is 11.3 Å². The van der Waals surface area contributed by atoms with Gasteiger partial charge in [0.25, 0.3) is 0 Å². The lowest BCUT2D eigenvalue weighted by Crippen LogP contribution is -2.23. The van der Waals surface area contributed by atoms with Crippen LogP contribution in [-0.4, -0.2) is 9.55 Å². The highest BCUT2D eigenvalue weighted by atomic mass is 15.1. The van der Waals surface area contributed by atoms with Crippen LogP contribution in [0, 0.1) is 5.92 Å². The number of hydrogen-bond acceptors (Lipinski definition) is 2. The molecule has 0 radical (unpaired) electrons. The van der Waals surface area contributed by atoms with E-state index in [1.807, 2.05) is 12.5 Å². The summed E-state index contributed by atoms with van der Waals surface area (Å²) in [4.78, 5) is 4.23. The van der Waals surface area contributed by atoms with Crippen LogP contribution in [0.4, 0.5) is 0 Å². The number of nitrogens with one attached hydrogen (secondary N) is 1. The molecule has 3 heteroatoms. The molecule has 0 saturated carbocycles. The lowest BCUT2D eigenvalue weighted by Gasteiger charge is -2.21. The predicted molar refractivity (Wildman–Crippen MR) is 83.4 cm³/mol. The van der Waals surface area contributed by atoms with E-state index >= 15 is 0 Å². The zero-order valence-electron chi connectivity index (χ0n) is 12.7. The van der Waals surface area contributed by atoms with Crippen molar-refractivity contribution in [3.05, 3.63) is 54.1 Å². The summed E-state index contributed by atoms with van der Waals surface area (Å²) >= 11 is 0. The first-order valence-electron chi connectivity index (χ1n) is 7.48. The number of benzene rings is 1. The van der Waals surface area contributed by atoms with E-state index in [4.69, 9.17) is 0 Å². The number of hydrogen-bond donors (Lipinski definition) is 1. The van der Waals surface area contributed by atoms with Gasteiger partial charge in [-0.15, -0.1) is 0 Å². The van der Waals surface area contributed by atoms with Gasteiger partial charge in [0.15, 0.2) is 0 Å². The first kappa shape index (κ1) is 14.8. The van der Waals surface area contributed by atoms with Crippen molar-refractivity contribution < 1.29 is 0 Å². The van der Waals surface area contributed by atoms with Crippen LogP contribution in [0.15, 0.2) is 42.9 Å². The zero-order chi connectivity index (χ0) is 14.4. The monoisotopic (exact) mass is 271 g/mol. The van der Waals surface area contributed by atoms with E-state index in [2.05, 4.69) is 66.0 Å². The normalized spacial score (nSPS) is 12.8. The van der Waals surface area contributed by atoms with E-state index in [-0.39, 0.29) is 0 Å². The van der Waals surface area contributed by atoms with E-state index in [1.54, 1.807) is 0 Å². The topological polar surface area (TPSA) is 29.9 Å². The zero-order valence-corrected chi connectivity index (χ0v) is 12.7. The van der Waals surface area contributed by atoms with Crippen LogP contribution in [0.1, 0.15) is 44.5 Å². The van der Waals surface area contributed by atoms with Gasteiger partial charge in [0.05, 0.1) is 12.0 Å². The predicted octanol–water partition coefficient (Wildman–Crippen LogP) is 3.78. The van der Waals surface area contributed by atoms with Crippen LogP contribution >= 0.6 is 0 Å². The molecule has 0 saturated heterocycles. The van der Waals surface area contributed by atoms with Crippen LogP contribution in [0.3, 0.4) is 0 Å². The summed E-state index contributed by atoms with van der Waals surface area (Å²) in [5.74, 6) is 0.670. The quantitative estimate of drug-likeness (QED) is 0.830. The van der Waals surface area contributed by atoms with Gasteiger partial charge in [-0.25, -0.2) is 4.98 Å². The molecule has 108 valence electrons. The minimum Gasteiger partial charge on any atom is -0.334 e. The van der Waals surface area contributed by atoms with Crippen LogP contribution in [-0.2, 0) is 13.1 Å². The van der Waals surface area contributed by atoms with E-state index in [0.717, 1.165) is 19.5 Å². The van der Waals surface area contributed by atoms with Gasteiger partial charge in [-0.3, -0.25) is 0 Å². The Hall–Kier alpha value is -1.61. The van der Waals surface area contributed by atoms with Crippen molar-refractivity contribution in [3.63, 3.8) is 0 Å². The molecule has 1 atom stereocenters. The third-order valence-corrected chi connectivity index (χ3v) is 3.58. The molecule has 1 unspecified atom stereocenters. The molecule has 0 fully saturated rings. The Bertz CT molecular complexity index is 502. The van der Waals surface area contributed by atoms with Gasteiger partial charge in [0, 0.05) is 25.3 Å². The van der Waals surface area contributed by atoms with Crippen molar-refractivity contribution in [2.24, 2.45) is 5.92 Å². The standard InChI is InChI=1S/C17H25N3/c1-4-20-13-18-11-16(20)12-19-17(10-14(2)3)15-8-6-5-7-9-15/h5-9,11,13-14,17,19H,4,10,12H2,1-3H3. The molecular weight excluding hydrogens is 246 g/mol. The minimum absolute atomic E-state index is 0.399. The van der Waals surface area contributed by atoms with E-state index < -0.39 is 0 Å². The molecule has 2 rings (SSSR count). The summed E-state index contributed by atoms with van der Waals surface area (Å²) in [7, 11) is 0. The molecule has 0 bridgehead atoms. The largest absolute Gasteiger partial charge is 0.334 e. The maximum atomic E-state index is 4.23. The Morgan fingerprint density at radius 1 is 1.20 bits per heavy atom. The van der Waals surface area contributed by atoms with E-state index in [0.29, 0.717) is 12.0 Å². The molecule has 3 nitrogen and oxygen atoms in total.